The summed E-state index contributed by atoms with van der Waals surface area (Å²) in [6, 6.07) is 1.42. The minimum Gasteiger partial charge on any atom is -0.393 e. The molecule has 5 heteroatoms. The highest BCUT2D eigenvalue weighted by molar-refractivity contribution is 5.33. The van der Waals surface area contributed by atoms with Crippen molar-refractivity contribution in [1.82, 2.24) is 9.97 Å². The Balaban J connectivity index is 2.69. The average Bonchev–Trinajstić information content (AvgIpc) is 2.16. The van der Waals surface area contributed by atoms with Crippen LogP contribution in [0.2, 0.25) is 0 Å². The number of nitrogens with zero attached hydrogens (tertiary/aromatic N) is 1. The lowest BCUT2D eigenvalue weighted by atomic mass is 10.2. The smallest absolute Gasteiger partial charge is 0.252 e. The zero-order valence-electron chi connectivity index (χ0n) is 9.95. The van der Waals surface area contributed by atoms with Crippen molar-refractivity contribution in [3.8, 4) is 0 Å². The number of aliphatic hydroxyl groups excluding tert-OH is 1. The quantitative estimate of drug-likeness (QED) is 0.700. The third-order valence-electron chi connectivity index (χ3n) is 2.18. The van der Waals surface area contributed by atoms with E-state index in [1.807, 2.05) is 13.8 Å². The van der Waals surface area contributed by atoms with Gasteiger partial charge >= 0.3 is 0 Å². The molecule has 1 unspecified atom stereocenters. The van der Waals surface area contributed by atoms with E-state index in [-0.39, 0.29) is 17.6 Å². The lowest BCUT2D eigenvalue weighted by molar-refractivity contribution is 0.188. The molecule has 16 heavy (non-hydrogen) atoms. The molecular formula is C11H19N3O2. The zero-order valence-corrected chi connectivity index (χ0v) is 9.95. The Kier molecular flexibility index (Phi) is 4.49. The molecule has 90 valence electrons. The highest BCUT2D eigenvalue weighted by atomic mass is 16.3. The fourth-order valence-electron chi connectivity index (χ4n) is 1.25. The summed E-state index contributed by atoms with van der Waals surface area (Å²) < 4.78 is 0. The molecule has 1 aromatic rings. The van der Waals surface area contributed by atoms with Crippen molar-refractivity contribution in [3.05, 3.63) is 22.2 Å². The van der Waals surface area contributed by atoms with Gasteiger partial charge in [-0.2, -0.15) is 0 Å². The van der Waals surface area contributed by atoms with Crippen molar-refractivity contribution in [3.63, 3.8) is 0 Å². The van der Waals surface area contributed by atoms with Gasteiger partial charge in [0.1, 0.15) is 11.6 Å². The molecule has 5 nitrogen and oxygen atoms in total. The van der Waals surface area contributed by atoms with Crippen LogP contribution in [0.1, 0.15) is 38.9 Å². The fraction of sp³-hybridized carbons (Fsp3) is 0.636. The number of hydrogen-bond donors (Lipinski definition) is 3. The maximum atomic E-state index is 11.3. The van der Waals surface area contributed by atoms with Crippen LogP contribution in [0.4, 0.5) is 5.82 Å². The Labute approximate surface area is 94.9 Å². The molecule has 0 aliphatic carbocycles. The highest BCUT2D eigenvalue weighted by Gasteiger charge is 2.05. The predicted octanol–water partition coefficient (Wildman–Crippen LogP) is 1.08. The summed E-state index contributed by atoms with van der Waals surface area (Å²) in [5, 5.41) is 12.1. The lowest BCUT2D eigenvalue weighted by Gasteiger charge is -2.09. The molecular weight excluding hydrogens is 206 g/mol. The van der Waals surface area contributed by atoms with Crippen LogP contribution in [-0.4, -0.2) is 27.7 Å². The number of nitrogens with one attached hydrogen (secondary N) is 2. The molecule has 0 aliphatic rings. The van der Waals surface area contributed by atoms with Crippen LogP contribution in [0.25, 0.3) is 0 Å². The van der Waals surface area contributed by atoms with E-state index in [2.05, 4.69) is 15.3 Å². The molecule has 0 saturated carbocycles. The molecule has 1 rings (SSSR count). The number of rotatable bonds is 5. The van der Waals surface area contributed by atoms with Gasteiger partial charge in [0.2, 0.25) is 0 Å². The van der Waals surface area contributed by atoms with Gasteiger partial charge in [-0.1, -0.05) is 13.8 Å². The topological polar surface area (TPSA) is 78.0 Å². The lowest BCUT2D eigenvalue weighted by Crippen LogP contribution is -2.16. The summed E-state index contributed by atoms with van der Waals surface area (Å²) in [6.07, 6.45) is 0.282. The predicted molar refractivity (Wildman–Crippen MR) is 63.7 cm³/mol. The van der Waals surface area contributed by atoms with Crippen LogP contribution in [0.5, 0.6) is 0 Å². The molecule has 0 saturated heterocycles. The molecule has 1 aromatic heterocycles. The first-order valence-corrected chi connectivity index (χ1v) is 5.52. The van der Waals surface area contributed by atoms with Crippen molar-refractivity contribution in [2.24, 2.45) is 0 Å². The normalized spacial score (nSPS) is 12.8. The minimum atomic E-state index is -0.348. The van der Waals surface area contributed by atoms with Gasteiger partial charge in [-0.3, -0.25) is 4.79 Å². The molecule has 0 amide bonds. The Morgan fingerprint density at radius 1 is 1.50 bits per heavy atom. The Morgan fingerprint density at radius 2 is 2.19 bits per heavy atom. The van der Waals surface area contributed by atoms with Crippen molar-refractivity contribution < 1.29 is 5.11 Å². The first kappa shape index (κ1) is 12.7. The van der Waals surface area contributed by atoms with Crippen LogP contribution in [0.3, 0.4) is 0 Å². The maximum absolute atomic E-state index is 11.3. The second-order valence-electron chi connectivity index (χ2n) is 4.24. The molecule has 0 bridgehead atoms. The number of H-pyrrole nitrogens is 1. The number of hydrogen-bond acceptors (Lipinski definition) is 4. The third kappa shape index (κ3) is 4.02. The van der Waals surface area contributed by atoms with E-state index in [0.717, 1.165) is 0 Å². The van der Waals surface area contributed by atoms with Crippen molar-refractivity contribution in [2.75, 3.05) is 11.9 Å². The van der Waals surface area contributed by atoms with E-state index in [1.165, 1.54) is 6.07 Å². The van der Waals surface area contributed by atoms with E-state index in [1.54, 1.807) is 6.92 Å². The Morgan fingerprint density at radius 3 is 2.75 bits per heavy atom. The summed E-state index contributed by atoms with van der Waals surface area (Å²) in [6.45, 7) is 6.27. The van der Waals surface area contributed by atoms with Gasteiger partial charge in [-0.15, -0.1) is 0 Å². The van der Waals surface area contributed by atoms with E-state index in [9.17, 15) is 4.79 Å². The molecule has 1 heterocycles. The Hall–Kier alpha value is -1.36. The van der Waals surface area contributed by atoms with Gasteiger partial charge in [0.05, 0.1) is 6.10 Å². The van der Waals surface area contributed by atoms with Crippen molar-refractivity contribution in [2.45, 2.75) is 39.2 Å². The van der Waals surface area contributed by atoms with Gasteiger partial charge in [-0.25, -0.2) is 4.98 Å². The summed E-state index contributed by atoms with van der Waals surface area (Å²) >= 11 is 0. The van der Waals surface area contributed by atoms with Crippen molar-refractivity contribution in [1.29, 1.82) is 0 Å². The zero-order chi connectivity index (χ0) is 12.1. The van der Waals surface area contributed by atoms with E-state index >= 15 is 0 Å². The van der Waals surface area contributed by atoms with E-state index in [4.69, 9.17) is 5.11 Å². The minimum absolute atomic E-state index is 0.154. The summed E-state index contributed by atoms with van der Waals surface area (Å²) in [7, 11) is 0. The second-order valence-corrected chi connectivity index (χ2v) is 4.24. The van der Waals surface area contributed by atoms with Crippen molar-refractivity contribution >= 4 is 5.82 Å². The molecule has 0 radical (unpaired) electrons. The molecule has 0 fully saturated rings. The first-order valence-electron chi connectivity index (χ1n) is 5.52. The van der Waals surface area contributed by atoms with Crippen LogP contribution in [0, 0.1) is 0 Å². The maximum Gasteiger partial charge on any atom is 0.252 e. The third-order valence-corrected chi connectivity index (χ3v) is 2.18. The molecule has 1 atom stereocenters. The average molecular weight is 225 g/mol. The molecule has 3 N–H and O–H groups in total. The number of aliphatic hydroxyl groups is 1. The van der Waals surface area contributed by atoms with Gasteiger partial charge in [0.15, 0.2) is 0 Å². The molecule has 0 aliphatic heterocycles. The van der Waals surface area contributed by atoms with Gasteiger partial charge < -0.3 is 15.4 Å². The number of aromatic nitrogens is 2. The number of anilines is 1. The highest BCUT2D eigenvalue weighted by Crippen LogP contribution is 2.08. The SMILES string of the molecule is CC(O)CCNc1cc(=O)[nH]c(C(C)C)n1. The van der Waals surface area contributed by atoms with Gasteiger partial charge in [-0.05, 0) is 13.3 Å². The summed E-state index contributed by atoms with van der Waals surface area (Å²) in [5.74, 6) is 1.42. The van der Waals surface area contributed by atoms with E-state index in [0.29, 0.717) is 24.6 Å². The molecule has 0 spiro atoms. The first-order chi connectivity index (χ1) is 7.49. The largest absolute Gasteiger partial charge is 0.393 e. The van der Waals surface area contributed by atoms with Crippen LogP contribution < -0.4 is 10.9 Å². The fourth-order valence-corrected chi connectivity index (χ4v) is 1.25. The summed E-state index contributed by atoms with van der Waals surface area (Å²) in [5.41, 5.74) is -0.154. The van der Waals surface area contributed by atoms with Crippen LogP contribution in [-0.2, 0) is 0 Å². The monoisotopic (exact) mass is 225 g/mol. The Bertz CT molecular complexity index is 385. The van der Waals surface area contributed by atoms with Gasteiger partial charge in [0, 0.05) is 18.5 Å². The number of aromatic amines is 1. The van der Waals surface area contributed by atoms with Crippen LogP contribution in [0.15, 0.2) is 10.9 Å². The van der Waals surface area contributed by atoms with E-state index < -0.39 is 0 Å². The second kappa shape index (κ2) is 5.65. The standard InChI is InChI=1S/C11H19N3O2/c1-7(2)11-13-9(6-10(16)14-11)12-5-4-8(3)15/h6-8,15H,4-5H2,1-3H3,(H2,12,13,14,16). The summed E-state index contributed by atoms with van der Waals surface area (Å²) in [4.78, 5) is 18.3. The van der Waals surface area contributed by atoms with Crippen LogP contribution >= 0.6 is 0 Å². The molecule has 0 aromatic carbocycles. The van der Waals surface area contributed by atoms with Gasteiger partial charge in [0.25, 0.3) is 5.56 Å².